The fourth-order valence-corrected chi connectivity index (χ4v) is 4.30. The molecule has 1 atom stereocenters. The van der Waals surface area contributed by atoms with Gasteiger partial charge in [-0.2, -0.15) is 0 Å². The van der Waals surface area contributed by atoms with Crippen LogP contribution in [0.15, 0.2) is 51.8 Å². The second-order valence-electron chi connectivity index (χ2n) is 5.37. The Balaban J connectivity index is 2.11. The fourth-order valence-electron chi connectivity index (χ4n) is 2.34. The maximum atomic E-state index is 12.5. The Labute approximate surface area is 151 Å². The summed E-state index contributed by atoms with van der Waals surface area (Å²) in [5.41, 5.74) is 1.00. The lowest BCUT2D eigenvalue weighted by molar-refractivity contribution is 0.411. The van der Waals surface area contributed by atoms with Crippen LogP contribution < -0.4 is 14.2 Å². The van der Waals surface area contributed by atoms with Crippen molar-refractivity contribution in [3.8, 4) is 11.5 Å². The maximum absolute atomic E-state index is 12.5. The molecular weight excluding hydrogens is 394 g/mol. The first-order chi connectivity index (χ1) is 11.4. The molecule has 0 aliphatic heterocycles. The van der Waals surface area contributed by atoms with Crippen molar-refractivity contribution in [1.29, 1.82) is 0 Å². The molecule has 5 nitrogen and oxygen atoms in total. The number of rotatable bonds is 7. The monoisotopic (exact) mass is 413 g/mol. The first kappa shape index (κ1) is 18.8. The molecule has 0 aliphatic rings. The van der Waals surface area contributed by atoms with Gasteiger partial charge in [0, 0.05) is 6.04 Å². The molecule has 0 saturated heterocycles. The van der Waals surface area contributed by atoms with Crippen LogP contribution in [0.5, 0.6) is 11.5 Å². The van der Waals surface area contributed by atoms with Gasteiger partial charge in [-0.1, -0.05) is 12.1 Å². The largest absolute Gasteiger partial charge is 0.497 e. The predicted octanol–water partition coefficient (Wildman–Crippen LogP) is 3.38. The smallest absolute Gasteiger partial charge is 0.240 e. The highest BCUT2D eigenvalue weighted by atomic mass is 79.9. The van der Waals surface area contributed by atoms with Crippen LogP contribution in [-0.2, 0) is 16.4 Å². The van der Waals surface area contributed by atoms with E-state index in [-0.39, 0.29) is 10.9 Å². The number of nitrogens with one attached hydrogen (secondary N) is 1. The lowest BCUT2D eigenvalue weighted by Crippen LogP contribution is -2.34. The molecule has 24 heavy (non-hydrogen) atoms. The second-order valence-corrected chi connectivity index (χ2v) is 7.94. The Morgan fingerprint density at radius 1 is 1.12 bits per heavy atom. The summed E-state index contributed by atoms with van der Waals surface area (Å²) >= 11 is 3.30. The number of hydrogen-bond acceptors (Lipinski definition) is 4. The van der Waals surface area contributed by atoms with Crippen molar-refractivity contribution in [2.45, 2.75) is 24.3 Å². The summed E-state index contributed by atoms with van der Waals surface area (Å²) in [4.78, 5) is 0.188. The zero-order valence-electron chi connectivity index (χ0n) is 13.7. The van der Waals surface area contributed by atoms with E-state index in [4.69, 9.17) is 9.47 Å². The van der Waals surface area contributed by atoms with Gasteiger partial charge in [-0.3, -0.25) is 0 Å². The maximum Gasteiger partial charge on any atom is 0.240 e. The third-order valence-corrected chi connectivity index (χ3v) is 5.67. The Hall–Kier alpha value is -1.57. The molecule has 0 radical (unpaired) electrons. The zero-order chi connectivity index (χ0) is 17.7. The minimum atomic E-state index is -3.61. The normalized spacial score (nSPS) is 12.7. The molecule has 2 aromatic carbocycles. The van der Waals surface area contributed by atoms with Gasteiger partial charge >= 0.3 is 0 Å². The van der Waals surface area contributed by atoms with Gasteiger partial charge in [-0.05, 0) is 65.2 Å². The van der Waals surface area contributed by atoms with Crippen molar-refractivity contribution in [3.05, 3.63) is 52.5 Å². The molecule has 0 saturated carbocycles. The molecule has 0 spiro atoms. The topological polar surface area (TPSA) is 64.6 Å². The summed E-state index contributed by atoms with van der Waals surface area (Å²) in [6.07, 6.45) is 0.563. The number of sulfonamides is 1. The van der Waals surface area contributed by atoms with Gasteiger partial charge in [-0.15, -0.1) is 0 Å². The highest BCUT2D eigenvalue weighted by Gasteiger charge is 2.19. The molecule has 0 heterocycles. The summed E-state index contributed by atoms with van der Waals surface area (Å²) in [5, 5.41) is 0. The van der Waals surface area contributed by atoms with Crippen molar-refractivity contribution >= 4 is 26.0 Å². The number of halogens is 1. The van der Waals surface area contributed by atoms with E-state index in [0.717, 1.165) is 11.3 Å². The van der Waals surface area contributed by atoms with Crippen molar-refractivity contribution in [2.75, 3.05) is 14.2 Å². The van der Waals surface area contributed by atoms with Crippen LogP contribution in [0.1, 0.15) is 12.5 Å². The molecule has 1 unspecified atom stereocenters. The van der Waals surface area contributed by atoms with Crippen LogP contribution in [0.2, 0.25) is 0 Å². The third kappa shape index (κ3) is 4.72. The van der Waals surface area contributed by atoms with Crippen molar-refractivity contribution in [1.82, 2.24) is 4.72 Å². The molecule has 2 aromatic rings. The molecule has 0 aromatic heterocycles. The average Bonchev–Trinajstić information content (AvgIpc) is 2.54. The van der Waals surface area contributed by atoms with Crippen molar-refractivity contribution in [3.63, 3.8) is 0 Å². The summed E-state index contributed by atoms with van der Waals surface area (Å²) < 4.78 is 38.6. The lowest BCUT2D eigenvalue weighted by atomic mass is 10.1. The van der Waals surface area contributed by atoms with Gasteiger partial charge in [0.15, 0.2) is 0 Å². The second kappa shape index (κ2) is 8.00. The van der Waals surface area contributed by atoms with E-state index in [1.807, 2.05) is 31.2 Å². The van der Waals surface area contributed by atoms with Crippen molar-refractivity contribution in [2.24, 2.45) is 0 Å². The minimum Gasteiger partial charge on any atom is -0.497 e. The van der Waals surface area contributed by atoms with Crippen LogP contribution >= 0.6 is 15.9 Å². The molecule has 2 rings (SSSR count). The Bertz CT molecular complexity index is 808. The molecule has 130 valence electrons. The minimum absolute atomic E-state index is 0.188. The zero-order valence-corrected chi connectivity index (χ0v) is 16.1. The van der Waals surface area contributed by atoms with Gasteiger partial charge in [0.2, 0.25) is 10.0 Å². The first-order valence-electron chi connectivity index (χ1n) is 7.34. The van der Waals surface area contributed by atoms with E-state index in [1.54, 1.807) is 13.2 Å². The van der Waals surface area contributed by atoms with Crippen LogP contribution in [0.4, 0.5) is 0 Å². The fraction of sp³-hybridized carbons (Fsp3) is 0.294. The quantitative estimate of drug-likeness (QED) is 0.755. The SMILES string of the molecule is COc1cccc(CC(C)NS(=O)(=O)c2ccc(OC)c(Br)c2)c1. The van der Waals surface area contributed by atoms with Gasteiger partial charge in [0.1, 0.15) is 11.5 Å². The molecule has 7 heteroatoms. The van der Waals surface area contributed by atoms with E-state index in [2.05, 4.69) is 20.7 Å². The van der Waals surface area contributed by atoms with Gasteiger partial charge in [0.25, 0.3) is 0 Å². The van der Waals surface area contributed by atoms with E-state index < -0.39 is 10.0 Å². The van der Waals surface area contributed by atoms with E-state index >= 15 is 0 Å². The average molecular weight is 414 g/mol. The number of hydrogen-bond donors (Lipinski definition) is 1. The van der Waals surface area contributed by atoms with Crippen LogP contribution in [0, 0.1) is 0 Å². The number of ether oxygens (including phenoxy) is 2. The Morgan fingerprint density at radius 2 is 1.88 bits per heavy atom. The standard InChI is InChI=1S/C17H20BrNO4S/c1-12(9-13-5-4-6-14(10-13)22-2)19-24(20,21)15-7-8-17(23-3)16(18)11-15/h4-8,10-12,19H,9H2,1-3H3. The van der Waals surface area contributed by atoms with E-state index in [0.29, 0.717) is 16.6 Å². The van der Waals surface area contributed by atoms with Crippen molar-refractivity contribution < 1.29 is 17.9 Å². The Kier molecular flexibility index (Phi) is 6.26. The van der Waals surface area contributed by atoms with E-state index in [9.17, 15) is 8.42 Å². The van der Waals surface area contributed by atoms with E-state index in [1.165, 1.54) is 19.2 Å². The lowest BCUT2D eigenvalue weighted by Gasteiger charge is -2.15. The summed E-state index contributed by atoms with van der Waals surface area (Å²) in [6, 6.07) is 12.0. The molecule has 0 bridgehead atoms. The number of benzene rings is 2. The first-order valence-corrected chi connectivity index (χ1v) is 9.62. The highest BCUT2D eigenvalue weighted by molar-refractivity contribution is 9.10. The van der Waals surface area contributed by atoms with Crippen LogP contribution in [0.3, 0.4) is 0 Å². The Morgan fingerprint density at radius 3 is 2.50 bits per heavy atom. The molecular formula is C17H20BrNO4S. The number of methoxy groups -OCH3 is 2. The highest BCUT2D eigenvalue weighted by Crippen LogP contribution is 2.27. The molecule has 0 fully saturated rings. The molecule has 0 amide bonds. The summed E-state index contributed by atoms with van der Waals surface area (Å²) in [5.74, 6) is 1.33. The third-order valence-electron chi connectivity index (χ3n) is 3.47. The van der Waals surface area contributed by atoms with Gasteiger partial charge in [0.05, 0.1) is 23.6 Å². The summed E-state index contributed by atoms with van der Waals surface area (Å²) in [7, 11) is -0.475. The summed E-state index contributed by atoms with van der Waals surface area (Å²) in [6.45, 7) is 1.83. The van der Waals surface area contributed by atoms with Crippen LogP contribution in [-0.4, -0.2) is 28.7 Å². The predicted molar refractivity (Wildman–Crippen MR) is 97.2 cm³/mol. The van der Waals surface area contributed by atoms with Gasteiger partial charge in [-0.25, -0.2) is 13.1 Å². The van der Waals surface area contributed by atoms with Gasteiger partial charge < -0.3 is 9.47 Å². The molecule has 1 N–H and O–H groups in total. The molecule has 0 aliphatic carbocycles. The van der Waals surface area contributed by atoms with Crippen LogP contribution in [0.25, 0.3) is 0 Å².